The summed E-state index contributed by atoms with van der Waals surface area (Å²) >= 11 is 0. The maximum atomic E-state index is 9.50. The van der Waals surface area contributed by atoms with Crippen molar-refractivity contribution in [2.75, 3.05) is 0 Å². The molecule has 1 rings (SSSR count). The average molecular weight is 139 g/mol. The van der Waals surface area contributed by atoms with Crippen LogP contribution in [-0.2, 0) is 0 Å². The molecule has 2 atom stereocenters. The van der Waals surface area contributed by atoms with E-state index in [4.69, 9.17) is 5.73 Å². The van der Waals surface area contributed by atoms with Crippen molar-refractivity contribution in [3.63, 3.8) is 0 Å². The first-order chi connectivity index (χ1) is 4.52. The fourth-order valence-electron chi connectivity index (χ4n) is 0.919. The second-order valence-corrected chi connectivity index (χ2v) is 3.00. The second kappa shape index (κ2) is 2.22. The largest absolute Gasteiger partial charge is 0.384 e. The number of aliphatic hydroxyl groups is 1. The Morgan fingerprint density at radius 2 is 2.30 bits per heavy atom. The van der Waals surface area contributed by atoms with Crippen LogP contribution in [0.3, 0.4) is 0 Å². The van der Waals surface area contributed by atoms with Gasteiger partial charge >= 0.3 is 0 Å². The summed E-state index contributed by atoms with van der Waals surface area (Å²) in [6.07, 6.45) is 5.47. The Hall–Kier alpha value is -0.600. The Morgan fingerprint density at radius 3 is 2.70 bits per heavy atom. The van der Waals surface area contributed by atoms with Gasteiger partial charge in [0.2, 0.25) is 0 Å². The van der Waals surface area contributed by atoms with Gasteiger partial charge in [-0.1, -0.05) is 23.8 Å². The number of allylic oxidation sites excluding steroid dienone is 2. The molecule has 2 unspecified atom stereocenters. The van der Waals surface area contributed by atoms with Crippen LogP contribution < -0.4 is 5.73 Å². The summed E-state index contributed by atoms with van der Waals surface area (Å²) in [5.74, 6) is 0. The molecule has 2 nitrogen and oxygen atoms in total. The first kappa shape index (κ1) is 7.51. The smallest absolute Gasteiger partial charge is 0.0988 e. The molecule has 3 N–H and O–H groups in total. The van der Waals surface area contributed by atoms with Crippen molar-refractivity contribution in [1.82, 2.24) is 0 Å². The highest BCUT2D eigenvalue weighted by Crippen LogP contribution is 2.18. The van der Waals surface area contributed by atoms with Crippen LogP contribution in [0.5, 0.6) is 0 Å². The van der Waals surface area contributed by atoms with Crippen molar-refractivity contribution in [1.29, 1.82) is 0 Å². The van der Waals surface area contributed by atoms with E-state index in [1.165, 1.54) is 0 Å². The lowest BCUT2D eigenvalue weighted by Gasteiger charge is -2.27. The van der Waals surface area contributed by atoms with E-state index in [9.17, 15) is 5.11 Å². The highest BCUT2D eigenvalue weighted by molar-refractivity contribution is 5.29. The van der Waals surface area contributed by atoms with Gasteiger partial charge in [-0.25, -0.2) is 0 Å². The molecule has 0 saturated carbocycles. The van der Waals surface area contributed by atoms with E-state index in [-0.39, 0.29) is 6.04 Å². The van der Waals surface area contributed by atoms with E-state index in [1.807, 2.05) is 19.1 Å². The topological polar surface area (TPSA) is 46.2 Å². The zero-order valence-electron chi connectivity index (χ0n) is 6.33. The first-order valence-electron chi connectivity index (χ1n) is 3.38. The highest BCUT2D eigenvalue weighted by atomic mass is 16.3. The summed E-state index contributed by atoms with van der Waals surface area (Å²) in [6.45, 7) is 3.67. The molecule has 0 fully saturated rings. The van der Waals surface area contributed by atoms with E-state index in [1.54, 1.807) is 13.0 Å². The van der Waals surface area contributed by atoms with Crippen LogP contribution in [0.2, 0.25) is 0 Å². The van der Waals surface area contributed by atoms with E-state index < -0.39 is 5.60 Å². The zero-order chi connectivity index (χ0) is 7.78. The summed E-state index contributed by atoms with van der Waals surface area (Å²) in [6, 6.07) is -0.266. The standard InChI is InChI=1S/C8H13NO/c1-6-3-4-8(2,10)7(9)5-6/h3-5,7,10H,9H2,1-2H3. The molecule has 2 heteroatoms. The third kappa shape index (κ3) is 1.28. The Kier molecular flexibility index (Phi) is 1.67. The van der Waals surface area contributed by atoms with Gasteiger partial charge in [-0.2, -0.15) is 0 Å². The predicted octanol–water partition coefficient (Wildman–Crippen LogP) is 0.581. The Labute approximate surface area is 61.0 Å². The predicted molar refractivity (Wildman–Crippen MR) is 41.5 cm³/mol. The fraction of sp³-hybridized carbons (Fsp3) is 0.500. The molecule has 0 radical (unpaired) electrons. The molecular formula is C8H13NO. The van der Waals surface area contributed by atoms with Crippen LogP contribution in [0, 0.1) is 0 Å². The fourth-order valence-corrected chi connectivity index (χ4v) is 0.919. The van der Waals surface area contributed by atoms with E-state index in [0.29, 0.717) is 0 Å². The van der Waals surface area contributed by atoms with Gasteiger partial charge < -0.3 is 10.8 Å². The zero-order valence-corrected chi connectivity index (χ0v) is 6.33. The van der Waals surface area contributed by atoms with Crippen molar-refractivity contribution in [3.8, 4) is 0 Å². The van der Waals surface area contributed by atoms with E-state index in [0.717, 1.165) is 5.57 Å². The number of rotatable bonds is 0. The number of nitrogens with two attached hydrogens (primary N) is 1. The first-order valence-corrected chi connectivity index (χ1v) is 3.38. The van der Waals surface area contributed by atoms with Crippen molar-refractivity contribution in [3.05, 3.63) is 23.8 Å². The second-order valence-electron chi connectivity index (χ2n) is 3.00. The minimum Gasteiger partial charge on any atom is -0.384 e. The molecule has 0 aliphatic heterocycles. The molecule has 10 heavy (non-hydrogen) atoms. The summed E-state index contributed by atoms with van der Waals surface area (Å²) in [5, 5.41) is 9.50. The summed E-state index contributed by atoms with van der Waals surface area (Å²) in [7, 11) is 0. The maximum Gasteiger partial charge on any atom is 0.0988 e. The molecule has 0 bridgehead atoms. The molecule has 0 aromatic carbocycles. The van der Waals surface area contributed by atoms with Crippen LogP contribution in [0.15, 0.2) is 23.8 Å². The van der Waals surface area contributed by atoms with Crippen LogP contribution in [0.25, 0.3) is 0 Å². The van der Waals surface area contributed by atoms with Gasteiger partial charge in [0.05, 0.1) is 11.6 Å². The van der Waals surface area contributed by atoms with Crippen LogP contribution in [0.4, 0.5) is 0 Å². The Balaban J connectivity index is 2.84. The molecule has 0 amide bonds. The molecule has 0 heterocycles. The van der Waals surface area contributed by atoms with Crippen molar-refractivity contribution < 1.29 is 5.11 Å². The third-order valence-electron chi connectivity index (χ3n) is 1.80. The van der Waals surface area contributed by atoms with Crippen molar-refractivity contribution in [2.24, 2.45) is 5.73 Å². The average Bonchev–Trinajstić information content (AvgIpc) is 1.81. The summed E-state index contributed by atoms with van der Waals surface area (Å²) in [5.41, 5.74) is 5.87. The quantitative estimate of drug-likeness (QED) is 0.515. The van der Waals surface area contributed by atoms with Crippen molar-refractivity contribution >= 4 is 0 Å². The monoisotopic (exact) mass is 139 g/mol. The molecule has 0 aromatic heterocycles. The van der Waals surface area contributed by atoms with Gasteiger partial charge in [0, 0.05) is 0 Å². The van der Waals surface area contributed by atoms with E-state index >= 15 is 0 Å². The summed E-state index contributed by atoms with van der Waals surface area (Å²) < 4.78 is 0. The number of hydrogen-bond acceptors (Lipinski definition) is 2. The van der Waals surface area contributed by atoms with Gasteiger partial charge in [0.25, 0.3) is 0 Å². The Bertz CT molecular complexity index is 191. The van der Waals surface area contributed by atoms with Gasteiger partial charge in [0.15, 0.2) is 0 Å². The molecular weight excluding hydrogens is 126 g/mol. The molecule has 56 valence electrons. The minimum atomic E-state index is -0.862. The summed E-state index contributed by atoms with van der Waals surface area (Å²) in [4.78, 5) is 0. The normalized spacial score (nSPS) is 39.6. The van der Waals surface area contributed by atoms with Gasteiger partial charge in [-0.3, -0.25) is 0 Å². The lowest BCUT2D eigenvalue weighted by atomic mass is 9.90. The van der Waals surface area contributed by atoms with Crippen LogP contribution in [0.1, 0.15) is 13.8 Å². The van der Waals surface area contributed by atoms with Gasteiger partial charge in [0.1, 0.15) is 0 Å². The molecule has 0 aromatic rings. The minimum absolute atomic E-state index is 0.266. The molecule has 1 aliphatic carbocycles. The lowest BCUT2D eigenvalue weighted by Crippen LogP contribution is -2.43. The van der Waals surface area contributed by atoms with Gasteiger partial charge in [-0.15, -0.1) is 0 Å². The van der Waals surface area contributed by atoms with Crippen molar-refractivity contribution in [2.45, 2.75) is 25.5 Å². The lowest BCUT2D eigenvalue weighted by molar-refractivity contribution is 0.0960. The van der Waals surface area contributed by atoms with Crippen LogP contribution >= 0.6 is 0 Å². The number of hydrogen-bond donors (Lipinski definition) is 2. The van der Waals surface area contributed by atoms with E-state index in [2.05, 4.69) is 0 Å². The highest BCUT2D eigenvalue weighted by Gasteiger charge is 2.25. The SMILES string of the molecule is CC1=CC(N)C(C)(O)C=C1. The molecule has 0 spiro atoms. The van der Waals surface area contributed by atoms with Crippen LogP contribution in [-0.4, -0.2) is 16.7 Å². The molecule has 0 saturated heterocycles. The van der Waals surface area contributed by atoms with Gasteiger partial charge in [-0.05, 0) is 13.8 Å². The Morgan fingerprint density at radius 1 is 1.70 bits per heavy atom. The molecule has 1 aliphatic rings. The third-order valence-corrected chi connectivity index (χ3v) is 1.80. The maximum absolute atomic E-state index is 9.50.